The Kier molecular flexibility index (Phi) is 4.46. The maximum absolute atomic E-state index is 12.2. The minimum Gasteiger partial charge on any atom is -0.492 e. The summed E-state index contributed by atoms with van der Waals surface area (Å²) < 4.78 is 6.13. The zero-order valence-electron chi connectivity index (χ0n) is 10.7. The molecule has 21 heavy (non-hydrogen) atoms. The summed E-state index contributed by atoms with van der Waals surface area (Å²) in [7, 11) is 0. The summed E-state index contributed by atoms with van der Waals surface area (Å²) in [5, 5.41) is 19.8. The number of nitrogens with one attached hydrogen (secondary N) is 1. The van der Waals surface area contributed by atoms with E-state index in [9.17, 15) is 14.4 Å². The van der Waals surface area contributed by atoms with Crippen LogP contribution in [0.15, 0.2) is 22.7 Å². The van der Waals surface area contributed by atoms with Gasteiger partial charge in [-0.05, 0) is 18.2 Å². The van der Waals surface area contributed by atoms with Gasteiger partial charge in [0.2, 0.25) is 5.91 Å². The van der Waals surface area contributed by atoms with Crippen molar-refractivity contribution in [3.05, 3.63) is 28.2 Å². The predicted molar refractivity (Wildman–Crippen MR) is 74.2 cm³/mol. The van der Waals surface area contributed by atoms with Crippen molar-refractivity contribution < 1.29 is 29.3 Å². The standard InChI is InChI=1S/C13H12BrNO6/c14-6-1-2-10-7(3-6)8(5-21-10)12(18)15-9(13(19)20)4-11(16)17/h1-3,8-9H,4-5H2,(H,15,18)(H,16,17)(H,19,20)/t8?,9-/m0/s1. The second kappa shape index (κ2) is 6.13. The van der Waals surface area contributed by atoms with E-state index in [2.05, 4.69) is 21.2 Å². The molecular formula is C13H12BrNO6. The van der Waals surface area contributed by atoms with Gasteiger partial charge in [0, 0.05) is 10.0 Å². The van der Waals surface area contributed by atoms with Crippen molar-refractivity contribution in [2.24, 2.45) is 0 Å². The van der Waals surface area contributed by atoms with Crippen molar-refractivity contribution in [2.75, 3.05) is 6.61 Å². The van der Waals surface area contributed by atoms with Gasteiger partial charge in [-0.3, -0.25) is 9.59 Å². The Hall–Kier alpha value is -2.09. The maximum Gasteiger partial charge on any atom is 0.326 e. The molecule has 1 aromatic carbocycles. The van der Waals surface area contributed by atoms with E-state index in [1.54, 1.807) is 18.2 Å². The normalized spacial score (nSPS) is 17.5. The summed E-state index contributed by atoms with van der Waals surface area (Å²) in [5.74, 6) is -3.36. The smallest absolute Gasteiger partial charge is 0.326 e. The first-order chi connectivity index (χ1) is 9.88. The van der Waals surface area contributed by atoms with Crippen molar-refractivity contribution >= 4 is 33.8 Å². The van der Waals surface area contributed by atoms with Gasteiger partial charge in [0.05, 0.1) is 6.42 Å². The minimum atomic E-state index is -1.47. The summed E-state index contributed by atoms with van der Waals surface area (Å²) in [6.45, 7) is 0.0943. The van der Waals surface area contributed by atoms with Crippen LogP contribution < -0.4 is 10.1 Å². The van der Waals surface area contributed by atoms with Crippen LogP contribution in [0.2, 0.25) is 0 Å². The number of rotatable bonds is 5. The monoisotopic (exact) mass is 357 g/mol. The second-order valence-electron chi connectivity index (χ2n) is 4.54. The maximum atomic E-state index is 12.2. The van der Waals surface area contributed by atoms with Crippen LogP contribution in [-0.4, -0.2) is 40.7 Å². The summed E-state index contributed by atoms with van der Waals surface area (Å²) >= 11 is 3.29. The molecule has 0 spiro atoms. The molecule has 1 aliphatic rings. The van der Waals surface area contributed by atoms with Crippen LogP contribution in [0.25, 0.3) is 0 Å². The number of carboxylic acid groups (broad SMARTS) is 2. The van der Waals surface area contributed by atoms with E-state index in [0.717, 1.165) is 4.47 Å². The minimum absolute atomic E-state index is 0.0943. The van der Waals surface area contributed by atoms with Gasteiger partial charge < -0.3 is 20.3 Å². The highest BCUT2D eigenvalue weighted by molar-refractivity contribution is 9.10. The molecule has 0 aliphatic carbocycles. The molecule has 112 valence electrons. The number of fused-ring (bicyclic) bond motifs is 1. The van der Waals surface area contributed by atoms with Crippen molar-refractivity contribution in [3.63, 3.8) is 0 Å². The molecule has 0 saturated heterocycles. The first-order valence-corrected chi connectivity index (χ1v) is 6.85. The van der Waals surface area contributed by atoms with Gasteiger partial charge in [-0.2, -0.15) is 0 Å². The lowest BCUT2D eigenvalue weighted by atomic mass is 10.00. The second-order valence-corrected chi connectivity index (χ2v) is 5.46. The molecule has 0 aromatic heterocycles. The number of amides is 1. The van der Waals surface area contributed by atoms with Crippen LogP contribution in [0.3, 0.4) is 0 Å². The van der Waals surface area contributed by atoms with E-state index < -0.39 is 36.2 Å². The van der Waals surface area contributed by atoms with Gasteiger partial charge in [0.1, 0.15) is 24.3 Å². The molecular weight excluding hydrogens is 346 g/mol. The van der Waals surface area contributed by atoms with Gasteiger partial charge >= 0.3 is 11.9 Å². The van der Waals surface area contributed by atoms with Crippen LogP contribution in [0, 0.1) is 0 Å². The number of hydrogen-bond acceptors (Lipinski definition) is 4. The lowest BCUT2D eigenvalue weighted by Crippen LogP contribution is -2.44. The van der Waals surface area contributed by atoms with Crippen LogP contribution in [-0.2, 0) is 14.4 Å². The highest BCUT2D eigenvalue weighted by Gasteiger charge is 2.33. The Bertz CT molecular complexity index is 602. The number of carboxylic acids is 2. The molecule has 2 atom stereocenters. The Morgan fingerprint density at radius 1 is 1.38 bits per heavy atom. The van der Waals surface area contributed by atoms with E-state index in [1.165, 1.54) is 0 Å². The third kappa shape index (κ3) is 3.52. The average Bonchev–Trinajstić information content (AvgIpc) is 2.80. The van der Waals surface area contributed by atoms with E-state index >= 15 is 0 Å². The lowest BCUT2D eigenvalue weighted by Gasteiger charge is -2.15. The van der Waals surface area contributed by atoms with Gasteiger partial charge in [-0.25, -0.2) is 4.79 Å². The molecule has 1 amide bonds. The molecule has 8 heteroatoms. The third-order valence-electron chi connectivity index (χ3n) is 3.06. The number of ether oxygens (including phenoxy) is 1. The SMILES string of the molecule is O=C(O)C[C@H](NC(=O)C1COc2ccc(Br)cc21)C(=O)O. The van der Waals surface area contributed by atoms with Gasteiger partial charge in [-0.1, -0.05) is 15.9 Å². The third-order valence-corrected chi connectivity index (χ3v) is 3.56. The zero-order chi connectivity index (χ0) is 15.6. The fourth-order valence-corrected chi connectivity index (χ4v) is 2.43. The molecule has 3 N–H and O–H groups in total. The van der Waals surface area contributed by atoms with Crippen LogP contribution >= 0.6 is 15.9 Å². The van der Waals surface area contributed by atoms with Crippen molar-refractivity contribution in [1.82, 2.24) is 5.32 Å². The molecule has 0 fully saturated rings. The Labute approximate surface area is 128 Å². The van der Waals surface area contributed by atoms with Crippen molar-refractivity contribution in [1.29, 1.82) is 0 Å². The average molecular weight is 358 g/mol. The summed E-state index contributed by atoms with van der Waals surface area (Å²) in [5.41, 5.74) is 0.640. The van der Waals surface area contributed by atoms with Crippen molar-refractivity contribution in [2.45, 2.75) is 18.4 Å². The lowest BCUT2D eigenvalue weighted by molar-refractivity contribution is -0.147. The largest absolute Gasteiger partial charge is 0.492 e. The Balaban J connectivity index is 2.13. The molecule has 0 saturated carbocycles. The van der Waals surface area contributed by atoms with Gasteiger partial charge in [0.25, 0.3) is 0 Å². The van der Waals surface area contributed by atoms with E-state index in [0.29, 0.717) is 11.3 Å². The number of hydrogen-bond donors (Lipinski definition) is 3. The highest BCUT2D eigenvalue weighted by atomic mass is 79.9. The zero-order valence-corrected chi connectivity index (χ0v) is 12.3. The Morgan fingerprint density at radius 3 is 2.71 bits per heavy atom. The number of aliphatic carboxylic acids is 2. The summed E-state index contributed by atoms with van der Waals surface area (Å²) in [6, 6.07) is 3.73. The first-order valence-electron chi connectivity index (χ1n) is 6.05. The highest BCUT2D eigenvalue weighted by Crippen LogP contribution is 2.35. The Morgan fingerprint density at radius 2 is 2.10 bits per heavy atom. The van der Waals surface area contributed by atoms with E-state index in [-0.39, 0.29) is 6.61 Å². The van der Waals surface area contributed by atoms with Crippen LogP contribution in [0.4, 0.5) is 0 Å². The molecule has 7 nitrogen and oxygen atoms in total. The quantitative estimate of drug-likeness (QED) is 0.723. The van der Waals surface area contributed by atoms with Gasteiger partial charge in [0.15, 0.2) is 0 Å². The molecule has 0 bridgehead atoms. The first kappa shape index (κ1) is 15.3. The molecule has 1 aromatic rings. The molecule has 2 rings (SSSR count). The van der Waals surface area contributed by atoms with Crippen LogP contribution in [0.5, 0.6) is 5.75 Å². The summed E-state index contributed by atoms with van der Waals surface area (Å²) in [6.07, 6.45) is -0.681. The number of carbonyl (C=O) groups is 3. The fourth-order valence-electron chi connectivity index (χ4n) is 2.05. The molecule has 1 heterocycles. The van der Waals surface area contributed by atoms with Crippen molar-refractivity contribution in [3.8, 4) is 5.75 Å². The number of benzene rings is 1. The topological polar surface area (TPSA) is 113 Å². The van der Waals surface area contributed by atoms with Gasteiger partial charge in [-0.15, -0.1) is 0 Å². The molecule has 1 aliphatic heterocycles. The summed E-state index contributed by atoms with van der Waals surface area (Å²) in [4.78, 5) is 33.7. The number of halogens is 1. The van der Waals surface area contributed by atoms with E-state index in [4.69, 9.17) is 14.9 Å². The number of carbonyl (C=O) groups excluding carboxylic acids is 1. The molecule has 0 radical (unpaired) electrons. The predicted octanol–water partition coefficient (Wildman–Crippen LogP) is 0.969. The molecule has 1 unspecified atom stereocenters. The van der Waals surface area contributed by atoms with E-state index in [1.807, 2.05) is 0 Å². The fraction of sp³-hybridized carbons (Fsp3) is 0.308. The van der Waals surface area contributed by atoms with Crippen LogP contribution in [0.1, 0.15) is 17.9 Å².